The quantitative estimate of drug-likeness (QED) is 0.670. The van der Waals surface area contributed by atoms with Crippen molar-refractivity contribution in [3.8, 4) is 5.75 Å². The molecule has 2 rings (SSSR count). The van der Waals surface area contributed by atoms with Gasteiger partial charge in [-0.25, -0.2) is 9.59 Å². The topological polar surface area (TPSA) is 81.4 Å². The van der Waals surface area contributed by atoms with Gasteiger partial charge in [-0.15, -0.1) is 0 Å². The Bertz CT molecular complexity index is 646. The number of carboxylic acids is 1. The van der Waals surface area contributed by atoms with Gasteiger partial charge in [0.1, 0.15) is 11.4 Å². The predicted molar refractivity (Wildman–Crippen MR) is 66.3 cm³/mol. The van der Waals surface area contributed by atoms with Gasteiger partial charge in [-0.05, 0) is 18.6 Å². The van der Waals surface area contributed by atoms with Crippen molar-refractivity contribution in [1.29, 1.82) is 0 Å². The van der Waals surface area contributed by atoms with Crippen molar-refractivity contribution in [2.45, 2.75) is 6.92 Å². The van der Waals surface area contributed by atoms with Crippen LogP contribution in [0.3, 0.4) is 0 Å². The SMILES string of the molecule is Cc1ccccc1OC(=O)c1cc(C(=O)O)nn1C. The Balaban J connectivity index is 2.26. The maximum Gasteiger partial charge on any atom is 0.362 e. The lowest BCUT2D eigenvalue weighted by atomic mass is 10.2. The highest BCUT2D eigenvalue weighted by molar-refractivity contribution is 5.93. The predicted octanol–water partition coefficient (Wildman–Crippen LogP) is 1.65. The van der Waals surface area contributed by atoms with E-state index in [9.17, 15) is 9.59 Å². The third-order valence-electron chi connectivity index (χ3n) is 2.60. The molecule has 0 radical (unpaired) electrons. The van der Waals surface area contributed by atoms with Crippen LogP contribution in [0.25, 0.3) is 0 Å². The first-order valence-electron chi connectivity index (χ1n) is 5.54. The number of hydrogen-bond acceptors (Lipinski definition) is 4. The van der Waals surface area contributed by atoms with Crippen molar-refractivity contribution in [1.82, 2.24) is 9.78 Å². The van der Waals surface area contributed by atoms with Crippen LogP contribution in [0.1, 0.15) is 26.5 Å². The van der Waals surface area contributed by atoms with Crippen LogP contribution in [-0.2, 0) is 7.05 Å². The summed E-state index contributed by atoms with van der Waals surface area (Å²) >= 11 is 0. The van der Waals surface area contributed by atoms with Crippen LogP contribution < -0.4 is 4.74 Å². The molecule has 0 unspecified atom stereocenters. The summed E-state index contributed by atoms with van der Waals surface area (Å²) in [6.45, 7) is 1.81. The lowest BCUT2D eigenvalue weighted by molar-refractivity contribution is 0.0687. The average molecular weight is 260 g/mol. The molecular weight excluding hydrogens is 248 g/mol. The van der Waals surface area contributed by atoms with Crippen molar-refractivity contribution in [2.75, 3.05) is 0 Å². The number of hydrogen-bond donors (Lipinski definition) is 1. The van der Waals surface area contributed by atoms with Crippen LogP contribution in [0.4, 0.5) is 0 Å². The maximum absolute atomic E-state index is 11.9. The number of esters is 1. The third kappa shape index (κ3) is 2.62. The number of carboxylic acid groups (broad SMARTS) is 1. The van der Waals surface area contributed by atoms with E-state index in [1.165, 1.54) is 17.8 Å². The van der Waals surface area contributed by atoms with Gasteiger partial charge in [0.05, 0.1) is 0 Å². The van der Waals surface area contributed by atoms with E-state index in [4.69, 9.17) is 9.84 Å². The first-order valence-corrected chi connectivity index (χ1v) is 5.54. The molecule has 0 aliphatic carbocycles. The first kappa shape index (κ1) is 12.8. The normalized spacial score (nSPS) is 10.2. The molecule has 2 aromatic rings. The van der Waals surface area contributed by atoms with E-state index in [0.29, 0.717) is 5.75 Å². The van der Waals surface area contributed by atoms with Gasteiger partial charge in [-0.3, -0.25) is 4.68 Å². The smallest absolute Gasteiger partial charge is 0.362 e. The Hall–Kier alpha value is -2.63. The number of nitrogens with zero attached hydrogens (tertiary/aromatic N) is 2. The van der Waals surface area contributed by atoms with Crippen molar-refractivity contribution in [3.63, 3.8) is 0 Å². The molecule has 1 heterocycles. The Morgan fingerprint density at radius 1 is 1.32 bits per heavy atom. The summed E-state index contributed by atoms with van der Waals surface area (Å²) in [5.41, 5.74) is 0.705. The van der Waals surface area contributed by atoms with Gasteiger partial charge in [0.15, 0.2) is 5.69 Å². The van der Waals surface area contributed by atoms with Crippen LogP contribution in [0.2, 0.25) is 0 Å². The number of carbonyl (C=O) groups is 2. The number of carbonyl (C=O) groups excluding carboxylic acids is 1. The van der Waals surface area contributed by atoms with Crippen molar-refractivity contribution < 1.29 is 19.4 Å². The highest BCUT2D eigenvalue weighted by atomic mass is 16.5. The van der Waals surface area contributed by atoms with Crippen molar-refractivity contribution >= 4 is 11.9 Å². The van der Waals surface area contributed by atoms with Crippen LogP contribution in [-0.4, -0.2) is 26.8 Å². The number of aromatic carboxylic acids is 1. The molecule has 1 aromatic heterocycles. The molecule has 6 nitrogen and oxygen atoms in total. The fraction of sp³-hybridized carbons (Fsp3) is 0.154. The monoisotopic (exact) mass is 260 g/mol. The van der Waals surface area contributed by atoms with Crippen molar-refractivity contribution in [2.24, 2.45) is 7.05 Å². The van der Waals surface area contributed by atoms with E-state index in [2.05, 4.69) is 5.10 Å². The largest absolute Gasteiger partial charge is 0.476 e. The van der Waals surface area contributed by atoms with Gasteiger partial charge in [0.25, 0.3) is 0 Å². The molecule has 98 valence electrons. The zero-order chi connectivity index (χ0) is 14.0. The molecule has 1 aromatic carbocycles. The van der Waals surface area contributed by atoms with E-state index in [1.807, 2.05) is 19.1 Å². The molecular formula is C13H12N2O4. The highest BCUT2D eigenvalue weighted by Gasteiger charge is 2.19. The molecule has 0 spiro atoms. The highest BCUT2D eigenvalue weighted by Crippen LogP contribution is 2.18. The molecule has 0 fully saturated rings. The fourth-order valence-electron chi connectivity index (χ4n) is 1.59. The van der Waals surface area contributed by atoms with E-state index in [0.717, 1.165) is 5.56 Å². The molecule has 6 heteroatoms. The minimum atomic E-state index is -1.19. The molecule has 1 N–H and O–H groups in total. The fourth-order valence-corrected chi connectivity index (χ4v) is 1.59. The summed E-state index contributed by atoms with van der Waals surface area (Å²) in [5.74, 6) is -1.40. The molecule has 0 saturated carbocycles. The minimum absolute atomic E-state index is 0.0839. The zero-order valence-electron chi connectivity index (χ0n) is 10.5. The molecule has 19 heavy (non-hydrogen) atoms. The van der Waals surface area contributed by atoms with Crippen LogP contribution >= 0.6 is 0 Å². The van der Waals surface area contributed by atoms with Crippen LogP contribution in [0.5, 0.6) is 5.75 Å². The van der Waals surface area contributed by atoms with Crippen LogP contribution in [0, 0.1) is 6.92 Å². The number of aromatic nitrogens is 2. The minimum Gasteiger partial charge on any atom is -0.476 e. The Kier molecular flexibility index (Phi) is 3.33. The second kappa shape index (κ2) is 4.93. The molecule has 0 saturated heterocycles. The summed E-state index contributed by atoms with van der Waals surface area (Å²) < 4.78 is 6.40. The Morgan fingerprint density at radius 3 is 2.58 bits per heavy atom. The van der Waals surface area contributed by atoms with E-state index < -0.39 is 11.9 Å². The van der Waals surface area contributed by atoms with Gasteiger partial charge in [-0.2, -0.15) is 5.10 Å². The molecule has 0 amide bonds. The molecule has 0 aliphatic heterocycles. The van der Waals surface area contributed by atoms with Crippen molar-refractivity contribution in [3.05, 3.63) is 47.3 Å². The Labute approximate surface area is 109 Å². The van der Waals surface area contributed by atoms with E-state index in [1.54, 1.807) is 12.1 Å². The van der Waals surface area contributed by atoms with E-state index in [-0.39, 0.29) is 11.4 Å². The Morgan fingerprint density at radius 2 is 2.00 bits per heavy atom. The molecule has 0 bridgehead atoms. The van der Waals surface area contributed by atoms with Gasteiger partial charge in [0, 0.05) is 13.1 Å². The van der Waals surface area contributed by atoms with Gasteiger partial charge < -0.3 is 9.84 Å². The number of aryl methyl sites for hydroxylation is 2. The van der Waals surface area contributed by atoms with Crippen LogP contribution in [0.15, 0.2) is 30.3 Å². The number of rotatable bonds is 3. The van der Waals surface area contributed by atoms with Gasteiger partial charge >= 0.3 is 11.9 Å². The molecule has 0 atom stereocenters. The molecule has 0 aliphatic rings. The maximum atomic E-state index is 11.9. The standard InChI is InChI=1S/C13H12N2O4/c1-8-5-3-4-6-11(8)19-13(18)10-7-9(12(16)17)14-15(10)2/h3-7H,1-2H3,(H,16,17). The summed E-state index contributed by atoms with van der Waals surface area (Å²) in [6, 6.07) is 8.25. The number of ether oxygens (including phenoxy) is 1. The summed E-state index contributed by atoms with van der Waals surface area (Å²) in [7, 11) is 1.49. The number of benzene rings is 1. The second-order valence-corrected chi connectivity index (χ2v) is 4.00. The number of para-hydroxylation sites is 1. The zero-order valence-corrected chi connectivity index (χ0v) is 10.5. The van der Waals surface area contributed by atoms with Gasteiger partial charge in [0.2, 0.25) is 0 Å². The average Bonchev–Trinajstić information content (AvgIpc) is 2.74. The lowest BCUT2D eigenvalue weighted by Gasteiger charge is -2.06. The summed E-state index contributed by atoms with van der Waals surface area (Å²) in [6.07, 6.45) is 0. The summed E-state index contributed by atoms with van der Waals surface area (Å²) in [5, 5.41) is 12.5. The lowest BCUT2D eigenvalue weighted by Crippen LogP contribution is -2.13. The van der Waals surface area contributed by atoms with Gasteiger partial charge in [-0.1, -0.05) is 18.2 Å². The second-order valence-electron chi connectivity index (χ2n) is 4.00. The summed E-state index contributed by atoms with van der Waals surface area (Å²) in [4.78, 5) is 22.7. The third-order valence-corrected chi connectivity index (χ3v) is 2.60. The first-order chi connectivity index (χ1) is 8.99. The van der Waals surface area contributed by atoms with E-state index >= 15 is 0 Å².